The fourth-order valence-corrected chi connectivity index (χ4v) is 5.80. The van der Waals surface area contributed by atoms with Gasteiger partial charge in [-0.3, -0.25) is 29.3 Å². The molecule has 1 N–H and O–H groups in total. The van der Waals surface area contributed by atoms with Crippen LogP contribution in [0.15, 0.2) is 78.9 Å². The number of fused-ring (bicyclic) bond motifs is 5. The molecule has 0 spiro atoms. The lowest BCUT2D eigenvalue weighted by molar-refractivity contribution is -0.384. The third kappa shape index (κ3) is 3.80. The molecule has 0 aromatic heterocycles. The van der Waals surface area contributed by atoms with E-state index >= 15 is 0 Å². The number of carbonyl (C=O) groups is 4. The summed E-state index contributed by atoms with van der Waals surface area (Å²) in [7, 11) is 0. The van der Waals surface area contributed by atoms with Crippen molar-refractivity contribution in [2.75, 3.05) is 15.1 Å². The normalized spacial score (nSPS) is 22.8. The average molecular weight is 523 g/mol. The first-order valence-electron chi connectivity index (χ1n) is 12.4. The third-order valence-corrected chi connectivity index (χ3v) is 7.56. The van der Waals surface area contributed by atoms with Crippen molar-refractivity contribution in [3.8, 4) is 0 Å². The van der Waals surface area contributed by atoms with Crippen LogP contribution in [-0.4, -0.2) is 40.5 Å². The lowest BCUT2D eigenvalue weighted by Gasteiger charge is -2.36. The smallest absolute Gasteiger partial charge is 0.269 e. The highest BCUT2D eigenvalue weighted by Crippen LogP contribution is 2.49. The van der Waals surface area contributed by atoms with Gasteiger partial charge in [-0.15, -0.1) is 0 Å². The molecule has 3 aliphatic rings. The molecule has 10 nitrogen and oxygen atoms in total. The number of anilines is 3. The van der Waals surface area contributed by atoms with Gasteiger partial charge in [-0.1, -0.05) is 30.4 Å². The Hall–Kier alpha value is -5.12. The number of para-hydroxylation sites is 1. The summed E-state index contributed by atoms with van der Waals surface area (Å²) in [6.45, 7) is 1.43. The van der Waals surface area contributed by atoms with Crippen LogP contribution < -0.4 is 15.1 Å². The Labute approximate surface area is 222 Å². The number of Topliss-reactive ketones (excluding diaryl/α,β-unsaturated/α-hetero) is 1. The number of non-ortho nitro benzene ring substituents is 1. The lowest BCUT2D eigenvalue weighted by atomic mass is 9.88. The van der Waals surface area contributed by atoms with Crippen LogP contribution in [-0.2, 0) is 14.4 Å². The molecule has 2 fully saturated rings. The van der Waals surface area contributed by atoms with E-state index in [-0.39, 0.29) is 11.5 Å². The molecule has 3 amide bonds. The Kier molecular flexibility index (Phi) is 5.60. The fraction of sp³-hybridized carbons (Fsp3) is 0.172. The fourth-order valence-electron chi connectivity index (χ4n) is 5.80. The van der Waals surface area contributed by atoms with Gasteiger partial charge in [0.2, 0.25) is 17.7 Å². The Morgan fingerprint density at radius 2 is 1.56 bits per heavy atom. The van der Waals surface area contributed by atoms with Crippen molar-refractivity contribution in [1.29, 1.82) is 0 Å². The molecule has 0 bridgehead atoms. The van der Waals surface area contributed by atoms with Crippen molar-refractivity contribution < 1.29 is 24.1 Å². The van der Waals surface area contributed by atoms with Gasteiger partial charge in [0.05, 0.1) is 28.5 Å². The molecule has 10 heteroatoms. The van der Waals surface area contributed by atoms with Crippen molar-refractivity contribution in [2.45, 2.75) is 19.0 Å². The average Bonchev–Trinajstić information content (AvgIpc) is 3.41. The quantitative estimate of drug-likeness (QED) is 0.233. The molecule has 3 aromatic rings. The summed E-state index contributed by atoms with van der Waals surface area (Å²) < 4.78 is 0. The second kappa shape index (κ2) is 9.02. The summed E-state index contributed by atoms with van der Waals surface area (Å²) >= 11 is 0. The standard InChI is InChI=1S/C29H22N4O6/c1-16(34)17-6-11-20(12-7-17)31-28(36)24-23-15-8-18-4-2-3-5-22(18)32(23)26(25(24)29(31)37)27(35)30-19-9-13-21(14-10-19)33(38)39/h2-15,23-26H,1H3,(H,30,35)/t23-,24+,25+,26-/m0/s1. The van der Waals surface area contributed by atoms with Gasteiger partial charge in [-0.2, -0.15) is 0 Å². The number of nitrogens with one attached hydrogen (secondary N) is 1. The molecular formula is C29H22N4O6. The highest BCUT2D eigenvalue weighted by Gasteiger charge is 2.64. The van der Waals surface area contributed by atoms with Crippen LogP contribution in [0.2, 0.25) is 0 Å². The number of nitro benzene ring substituents is 1. The summed E-state index contributed by atoms with van der Waals surface area (Å²) in [5.41, 5.74) is 2.61. The number of benzene rings is 3. The number of carbonyl (C=O) groups excluding carboxylic acids is 4. The second-order valence-electron chi connectivity index (χ2n) is 9.72. The number of rotatable bonds is 5. The predicted molar refractivity (Wildman–Crippen MR) is 143 cm³/mol. The summed E-state index contributed by atoms with van der Waals surface area (Å²) in [5.74, 6) is -3.32. The van der Waals surface area contributed by atoms with E-state index < -0.39 is 46.6 Å². The van der Waals surface area contributed by atoms with E-state index in [4.69, 9.17) is 0 Å². The first kappa shape index (κ1) is 24.2. The van der Waals surface area contributed by atoms with Crippen molar-refractivity contribution in [3.05, 3.63) is 100 Å². The molecule has 2 saturated heterocycles. The molecule has 39 heavy (non-hydrogen) atoms. The first-order chi connectivity index (χ1) is 18.8. The summed E-state index contributed by atoms with van der Waals surface area (Å²) in [5, 5.41) is 13.8. The largest absolute Gasteiger partial charge is 0.351 e. The highest BCUT2D eigenvalue weighted by atomic mass is 16.6. The topological polar surface area (TPSA) is 130 Å². The number of amides is 3. The molecule has 0 aliphatic carbocycles. The number of ketones is 1. The highest BCUT2D eigenvalue weighted by molar-refractivity contribution is 6.25. The van der Waals surface area contributed by atoms with E-state index in [1.807, 2.05) is 41.3 Å². The molecular weight excluding hydrogens is 500 g/mol. The second-order valence-corrected chi connectivity index (χ2v) is 9.72. The number of nitro groups is 1. The van der Waals surface area contributed by atoms with E-state index in [1.54, 1.807) is 24.3 Å². The Balaban J connectivity index is 1.39. The van der Waals surface area contributed by atoms with Gasteiger partial charge in [-0.05, 0) is 55.0 Å². The Bertz CT molecular complexity index is 1580. The molecule has 0 radical (unpaired) electrons. The van der Waals surface area contributed by atoms with Gasteiger partial charge in [0.1, 0.15) is 6.04 Å². The van der Waals surface area contributed by atoms with Crippen molar-refractivity contribution in [1.82, 2.24) is 0 Å². The maximum atomic E-state index is 13.9. The maximum absolute atomic E-state index is 13.9. The van der Waals surface area contributed by atoms with Crippen LogP contribution in [0.25, 0.3) is 6.08 Å². The summed E-state index contributed by atoms with van der Waals surface area (Å²) in [4.78, 5) is 66.6. The van der Waals surface area contributed by atoms with Gasteiger partial charge in [-0.25, -0.2) is 4.90 Å². The zero-order valence-electron chi connectivity index (χ0n) is 20.7. The van der Waals surface area contributed by atoms with Crippen LogP contribution >= 0.6 is 0 Å². The first-order valence-corrected chi connectivity index (χ1v) is 12.4. The van der Waals surface area contributed by atoms with E-state index in [9.17, 15) is 29.3 Å². The maximum Gasteiger partial charge on any atom is 0.269 e. The van der Waals surface area contributed by atoms with Crippen molar-refractivity contribution in [3.63, 3.8) is 0 Å². The van der Waals surface area contributed by atoms with Gasteiger partial charge in [0, 0.05) is 29.1 Å². The van der Waals surface area contributed by atoms with E-state index in [0.29, 0.717) is 16.9 Å². The summed E-state index contributed by atoms with van der Waals surface area (Å²) in [6, 6.07) is 17.6. The minimum Gasteiger partial charge on any atom is -0.351 e. The lowest BCUT2D eigenvalue weighted by Crippen LogP contribution is -2.50. The van der Waals surface area contributed by atoms with Crippen molar-refractivity contribution in [2.24, 2.45) is 11.8 Å². The zero-order chi connectivity index (χ0) is 27.4. The van der Waals surface area contributed by atoms with Crippen molar-refractivity contribution >= 4 is 52.3 Å². The van der Waals surface area contributed by atoms with Gasteiger partial charge in [0.15, 0.2) is 5.78 Å². The Morgan fingerprint density at radius 1 is 0.897 bits per heavy atom. The SMILES string of the molecule is CC(=O)c1ccc(N2C(=O)[C@@H]3[C@H](C2=O)[C@@H]2C=Cc4ccccc4N2[C@@H]3C(=O)Nc2ccc([N+](=O)[O-])cc2)cc1. The molecule has 0 unspecified atom stereocenters. The number of nitrogens with zero attached hydrogens (tertiary/aromatic N) is 3. The minimum atomic E-state index is -1.01. The monoisotopic (exact) mass is 522 g/mol. The van der Waals surface area contributed by atoms with Gasteiger partial charge < -0.3 is 10.2 Å². The van der Waals surface area contributed by atoms with E-state index in [1.165, 1.54) is 31.2 Å². The summed E-state index contributed by atoms with van der Waals surface area (Å²) in [6.07, 6.45) is 3.75. The van der Waals surface area contributed by atoms with Gasteiger partial charge in [0.25, 0.3) is 5.69 Å². The van der Waals surface area contributed by atoms with Crippen LogP contribution in [0.3, 0.4) is 0 Å². The van der Waals surface area contributed by atoms with Crippen LogP contribution in [0, 0.1) is 22.0 Å². The third-order valence-electron chi connectivity index (χ3n) is 7.56. The number of hydrogen-bond acceptors (Lipinski definition) is 7. The Morgan fingerprint density at radius 3 is 2.23 bits per heavy atom. The zero-order valence-corrected chi connectivity index (χ0v) is 20.7. The molecule has 0 saturated carbocycles. The van der Waals surface area contributed by atoms with Crippen LogP contribution in [0.1, 0.15) is 22.8 Å². The number of hydrogen-bond donors (Lipinski definition) is 1. The van der Waals surface area contributed by atoms with E-state index in [2.05, 4.69) is 5.32 Å². The molecule has 194 valence electrons. The van der Waals surface area contributed by atoms with Crippen LogP contribution in [0.5, 0.6) is 0 Å². The molecule has 6 rings (SSSR count). The molecule has 3 heterocycles. The molecule has 4 atom stereocenters. The van der Waals surface area contributed by atoms with E-state index in [0.717, 1.165) is 16.2 Å². The van der Waals surface area contributed by atoms with Gasteiger partial charge >= 0.3 is 0 Å². The minimum absolute atomic E-state index is 0.118. The van der Waals surface area contributed by atoms with Crippen LogP contribution in [0.4, 0.5) is 22.7 Å². The molecule has 3 aliphatic heterocycles. The molecule has 3 aromatic carbocycles. The number of imide groups is 1. The predicted octanol–water partition coefficient (Wildman–Crippen LogP) is 3.83.